The molecular weight excluding hydrogens is 877 g/mol. The molecule has 17 nitrogen and oxygen atoms in total. The fourth-order valence-corrected chi connectivity index (χ4v) is 9.66. The van der Waals surface area contributed by atoms with Crippen LogP contribution in [0.25, 0.3) is 10.8 Å². The highest BCUT2D eigenvalue weighted by molar-refractivity contribution is 6.23. The van der Waals surface area contributed by atoms with Gasteiger partial charge in [0, 0.05) is 86.3 Å². The molecule has 7 rings (SSSR count). The third-order valence-electron chi connectivity index (χ3n) is 13.7. The first kappa shape index (κ1) is 51.3. The first-order chi connectivity index (χ1) is 32.0. The lowest BCUT2D eigenvalue weighted by molar-refractivity contribution is -0.160. The van der Waals surface area contributed by atoms with Crippen LogP contribution in [0.15, 0.2) is 65.5 Å². The van der Waals surface area contributed by atoms with Crippen LogP contribution in [0.1, 0.15) is 89.4 Å². The maximum atomic E-state index is 14.6. The van der Waals surface area contributed by atoms with Crippen LogP contribution in [-0.4, -0.2) is 127 Å². The summed E-state index contributed by atoms with van der Waals surface area (Å²) in [5, 5.41) is 78.4. The van der Waals surface area contributed by atoms with Gasteiger partial charge in [0.25, 0.3) is 11.7 Å². The van der Waals surface area contributed by atoms with E-state index in [9.17, 15) is 45.0 Å². The number of nitrogens with zero attached hydrogens (tertiary/aromatic N) is 3. The second-order valence-corrected chi connectivity index (χ2v) is 18.8. The van der Waals surface area contributed by atoms with Crippen molar-refractivity contribution < 1.29 is 64.0 Å². The van der Waals surface area contributed by atoms with Gasteiger partial charge in [-0.05, 0) is 39.8 Å². The van der Waals surface area contributed by atoms with Crippen molar-refractivity contribution in [2.24, 2.45) is 28.8 Å². The zero-order chi connectivity index (χ0) is 50.1. The molecule has 7 N–H and O–H groups in total. The third kappa shape index (κ3) is 10.0. The summed E-state index contributed by atoms with van der Waals surface area (Å²) in [4.78, 5) is 43.2. The lowest BCUT2D eigenvalue weighted by Crippen LogP contribution is -2.54. The van der Waals surface area contributed by atoms with Crippen molar-refractivity contribution in [1.29, 1.82) is 0 Å². The van der Waals surface area contributed by atoms with Crippen LogP contribution in [0.5, 0.6) is 28.7 Å². The minimum Gasteiger partial charge on any atom is -0.508 e. The molecule has 4 aliphatic heterocycles. The summed E-state index contributed by atoms with van der Waals surface area (Å²) in [5.74, 6) is -8.45. The predicted octanol–water partition coefficient (Wildman–Crippen LogP) is 6.39. The van der Waals surface area contributed by atoms with Gasteiger partial charge in [0.05, 0.1) is 65.1 Å². The number of ether oxygens (including phenoxy) is 4. The topological polar surface area (TPSA) is 240 Å². The zero-order valence-corrected chi connectivity index (χ0v) is 40.6. The molecule has 1 saturated heterocycles. The molecular formula is C51H66N4O13. The number of carbonyl (C=O) groups excluding carboxylic acids is 3. The number of aliphatic hydroxyl groups excluding tert-OH is 2. The molecule has 0 spiro atoms. The molecule has 3 aromatic rings. The summed E-state index contributed by atoms with van der Waals surface area (Å²) in [5.41, 5.74) is 0.274. The molecule has 5 bridgehead atoms. The number of aromatic hydroxyl groups is 4. The molecule has 0 aromatic heterocycles. The monoisotopic (exact) mass is 942 g/mol. The molecule has 11 atom stereocenters. The molecule has 0 radical (unpaired) electrons. The average molecular weight is 943 g/mol. The standard InChI is InChI=1S/C51H66N4O13/c1-25-15-14-16-26(2)50(64)53-41-35(21-52-55-27(3)22-54(23-28(55)4)24-34-17-12-13-18-36(34)57)45(61)38-39(46(41)62)44(60)32(8)48-40(38)49(63)51(10,68-48)66-20-19-37(65-11)29(5)47(67-33(9)56)31(7)43(59)30(6)42(25)58/h12-21,25,27-31,37,42-43,47,57-62H,22-24H2,1-11H3,(H,53,64)/b15-14+,20-19+,26-16-,52-21+. The Hall–Kier alpha value is -6.14. The predicted molar refractivity (Wildman–Crippen MR) is 256 cm³/mol. The second kappa shape index (κ2) is 20.6. The number of ketones is 1. The number of amides is 1. The van der Waals surface area contributed by atoms with E-state index in [1.54, 1.807) is 52.0 Å². The normalized spacial score (nSPS) is 31.5. The Morgan fingerprint density at radius 2 is 1.57 bits per heavy atom. The summed E-state index contributed by atoms with van der Waals surface area (Å²) in [6.45, 7) is 18.0. The minimum atomic E-state index is -2.08. The number of hydrazone groups is 1. The van der Waals surface area contributed by atoms with Gasteiger partial charge in [-0.25, -0.2) is 0 Å². The van der Waals surface area contributed by atoms with Crippen LogP contribution in [0.4, 0.5) is 5.69 Å². The van der Waals surface area contributed by atoms with Crippen LogP contribution in [-0.2, 0) is 30.3 Å². The summed E-state index contributed by atoms with van der Waals surface area (Å²) < 4.78 is 23.8. The molecule has 368 valence electrons. The number of anilines is 1. The van der Waals surface area contributed by atoms with Gasteiger partial charge in [0.2, 0.25) is 0 Å². The average Bonchev–Trinajstić information content (AvgIpc) is 3.55. The highest BCUT2D eigenvalue weighted by atomic mass is 16.7. The van der Waals surface area contributed by atoms with Crippen molar-refractivity contribution in [3.63, 3.8) is 0 Å². The van der Waals surface area contributed by atoms with E-state index in [-0.39, 0.29) is 62.3 Å². The molecule has 17 heteroatoms. The van der Waals surface area contributed by atoms with Gasteiger partial charge >= 0.3 is 11.8 Å². The summed E-state index contributed by atoms with van der Waals surface area (Å²) in [6, 6.07) is 6.75. The Morgan fingerprint density at radius 1 is 0.912 bits per heavy atom. The van der Waals surface area contributed by atoms with Crippen LogP contribution >= 0.6 is 0 Å². The maximum absolute atomic E-state index is 14.6. The number of allylic oxidation sites excluding steroid dienone is 2. The first-order valence-electron chi connectivity index (χ1n) is 22.9. The summed E-state index contributed by atoms with van der Waals surface area (Å²) >= 11 is 0. The van der Waals surface area contributed by atoms with Gasteiger partial charge in [-0.15, -0.1) is 0 Å². The smallest absolute Gasteiger partial charge is 0.312 e. The number of Topliss-reactive ketones (excluding diaryl/α,β-unsaturated/α-hetero) is 1. The second-order valence-electron chi connectivity index (χ2n) is 18.8. The SMILES string of the molecule is COC1/C=C/OC2(C)Oc3c(C)c(O)c4c(O)c(c(/C=N/N5C(C)CN(Cc6ccccc6O)CC5C)c(O)c4c3C2=O)NC(=O)/C(C)=C\C=C\C(C)C(O)C(C)C(O)C(C)C(OC(C)=O)C1C. The number of phenols is 4. The zero-order valence-electron chi connectivity index (χ0n) is 40.6. The highest BCUT2D eigenvalue weighted by Crippen LogP contribution is 2.55. The van der Waals surface area contributed by atoms with Gasteiger partial charge in [-0.2, -0.15) is 5.10 Å². The van der Waals surface area contributed by atoms with Crippen LogP contribution < -0.4 is 10.1 Å². The number of benzene rings is 3. The van der Waals surface area contributed by atoms with Crippen molar-refractivity contribution in [1.82, 2.24) is 9.91 Å². The molecule has 4 heterocycles. The number of phenolic OH excluding ortho intramolecular Hbond substituents is 4. The third-order valence-corrected chi connectivity index (χ3v) is 13.7. The molecule has 11 unspecified atom stereocenters. The van der Waals surface area contributed by atoms with Crippen LogP contribution in [0.3, 0.4) is 0 Å². The van der Waals surface area contributed by atoms with Crippen LogP contribution in [0.2, 0.25) is 0 Å². The Kier molecular flexibility index (Phi) is 15.5. The van der Waals surface area contributed by atoms with E-state index in [2.05, 4.69) is 10.2 Å². The van der Waals surface area contributed by atoms with E-state index in [1.165, 1.54) is 59.4 Å². The largest absolute Gasteiger partial charge is 0.508 e. The maximum Gasteiger partial charge on any atom is 0.312 e. The minimum absolute atomic E-state index is 0.0346. The highest BCUT2D eigenvalue weighted by Gasteiger charge is 2.50. The van der Waals surface area contributed by atoms with Gasteiger partial charge < -0.3 is 54.9 Å². The molecule has 0 saturated carbocycles. The number of carbonyl (C=O) groups is 3. The van der Waals surface area contributed by atoms with Gasteiger partial charge in [-0.3, -0.25) is 24.3 Å². The van der Waals surface area contributed by atoms with E-state index in [0.717, 1.165) is 5.56 Å². The van der Waals surface area contributed by atoms with Gasteiger partial charge in [0.1, 0.15) is 29.1 Å². The van der Waals surface area contributed by atoms with Crippen molar-refractivity contribution in [2.75, 3.05) is 25.5 Å². The van der Waals surface area contributed by atoms with E-state index in [1.807, 2.05) is 31.0 Å². The lowest BCUT2D eigenvalue weighted by Gasteiger charge is -2.43. The van der Waals surface area contributed by atoms with Crippen molar-refractivity contribution in [3.05, 3.63) is 82.7 Å². The van der Waals surface area contributed by atoms with E-state index >= 15 is 0 Å². The van der Waals surface area contributed by atoms with Crippen molar-refractivity contribution >= 4 is 40.3 Å². The molecule has 0 aliphatic carbocycles. The molecule has 68 heavy (non-hydrogen) atoms. The first-order valence-corrected chi connectivity index (χ1v) is 22.9. The summed E-state index contributed by atoms with van der Waals surface area (Å²) in [6.07, 6.45) is 4.75. The Morgan fingerprint density at radius 3 is 2.21 bits per heavy atom. The Bertz CT molecular complexity index is 2530. The molecule has 1 fully saturated rings. The number of hydrogen-bond acceptors (Lipinski definition) is 16. The van der Waals surface area contributed by atoms with E-state index < -0.39 is 88.8 Å². The fourth-order valence-electron chi connectivity index (χ4n) is 9.66. The molecule has 1 amide bonds. The quantitative estimate of drug-likeness (QED) is 0.0614. The number of rotatable bonds is 6. The Labute approximate surface area is 396 Å². The van der Waals surface area contributed by atoms with E-state index in [0.29, 0.717) is 19.6 Å². The number of methoxy groups -OCH3 is 1. The van der Waals surface area contributed by atoms with Gasteiger partial charge in [0.15, 0.2) is 5.75 Å². The number of aliphatic hydroxyl groups is 2. The van der Waals surface area contributed by atoms with Crippen molar-refractivity contribution in [3.8, 4) is 28.7 Å². The molecule has 3 aromatic carbocycles. The summed E-state index contributed by atoms with van der Waals surface area (Å²) in [7, 11) is 1.43. The van der Waals surface area contributed by atoms with Crippen LogP contribution in [0, 0.1) is 30.6 Å². The van der Waals surface area contributed by atoms with Crippen molar-refractivity contribution in [2.45, 2.75) is 118 Å². The number of nitrogens with one attached hydrogen (secondary N) is 1. The number of esters is 1. The fraction of sp³-hybridized carbons (Fsp3) is 0.490. The number of para-hydroxylation sites is 1. The van der Waals surface area contributed by atoms with Gasteiger partial charge in [-0.1, -0.05) is 64.1 Å². The number of fused-ring (bicyclic) bond motifs is 14. The Balaban J connectivity index is 1.48. The number of hydrogen-bond donors (Lipinski definition) is 7. The number of piperazine rings is 1. The van der Waals surface area contributed by atoms with E-state index in [4.69, 9.17) is 24.0 Å². The lowest BCUT2D eigenvalue weighted by atomic mass is 9.78. The molecule has 4 aliphatic rings.